The van der Waals surface area contributed by atoms with Gasteiger partial charge in [-0.05, 0) is 36.4 Å². The van der Waals surface area contributed by atoms with Gasteiger partial charge in [-0.3, -0.25) is 10.2 Å². The minimum absolute atomic E-state index is 0.0547. The lowest BCUT2D eigenvalue weighted by Crippen LogP contribution is -2.19. The Morgan fingerprint density at radius 3 is 2.43 bits per heavy atom. The molecule has 0 unspecified atom stereocenters. The van der Waals surface area contributed by atoms with E-state index in [1.807, 2.05) is 0 Å². The molecular weight excluding hydrogens is 313 g/mol. The Morgan fingerprint density at radius 1 is 1.10 bits per heavy atom. The number of halogens is 2. The van der Waals surface area contributed by atoms with Gasteiger partial charge in [0.15, 0.2) is 0 Å². The fraction of sp³-hybridized carbons (Fsp3) is 0. The summed E-state index contributed by atoms with van der Waals surface area (Å²) in [6, 6.07) is 13.0. The number of anilines is 2. The molecule has 0 radical (unpaired) electrons. The molecule has 2 aromatic rings. The molecule has 0 aromatic heterocycles. The molecule has 0 heterocycles. The molecule has 0 aliphatic rings. The lowest BCUT2D eigenvalue weighted by molar-refractivity contribution is -0.110. The number of aromatic hydroxyl groups is 1. The molecule has 1 amide bonds. The quantitative estimate of drug-likeness (QED) is 0.457. The van der Waals surface area contributed by atoms with Crippen molar-refractivity contribution in [1.82, 2.24) is 0 Å². The number of carbonyl (C=O) groups is 1. The number of carbonyl (C=O) groups excluding carboxylic acids is 1. The Bertz CT molecular complexity index is 672. The number of nitrogens with one attached hydrogen (secondary N) is 2. The zero-order chi connectivity index (χ0) is 15.2. The summed E-state index contributed by atoms with van der Waals surface area (Å²) in [6.07, 6.45) is 0. The number of hydrogen-bond acceptors (Lipinski definition) is 4. The standard InChI is InChI=1S/C14H11Cl2N3O2/c15-9-5-7-10(8-6-9)18-19-13(16)14(21)17-11-3-1-2-4-12(11)20/h1-8,18,20H,(H,17,21)/b19-13-. The molecule has 3 N–H and O–H groups in total. The van der Waals surface area contributed by atoms with E-state index in [1.165, 1.54) is 6.07 Å². The molecule has 0 spiro atoms. The van der Waals surface area contributed by atoms with Gasteiger partial charge in [0.25, 0.3) is 5.91 Å². The lowest BCUT2D eigenvalue weighted by atomic mass is 10.3. The van der Waals surface area contributed by atoms with Crippen molar-refractivity contribution in [3.63, 3.8) is 0 Å². The number of phenols is 1. The lowest BCUT2D eigenvalue weighted by Gasteiger charge is -2.06. The van der Waals surface area contributed by atoms with E-state index in [1.54, 1.807) is 42.5 Å². The van der Waals surface area contributed by atoms with E-state index >= 15 is 0 Å². The van der Waals surface area contributed by atoms with Crippen LogP contribution < -0.4 is 10.7 Å². The molecule has 21 heavy (non-hydrogen) atoms. The zero-order valence-corrected chi connectivity index (χ0v) is 12.2. The first kappa shape index (κ1) is 15.2. The van der Waals surface area contributed by atoms with E-state index in [4.69, 9.17) is 23.2 Å². The van der Waals surface area contributed by atoms with E-state index in [0.717, 1.165) is 0 Å². The molecule has 0 aliphatic carbocycles. The van der Waals surface area contributed by atoms with Gasteiger partial charge in [0.05, 0.1) is 11.4 Å². The summed E-state index contributed by atoms with van der Waals surface area (Å²) in [4.78, 5) is 11.8. The van der Waals surface area contributed by atoms with Crippen LogP contribution in [-0.2, 0) is 4.79 Å². The highest BCUT2D eigenvalue weighted by Crippen LogP contribution is 2.21. The summed E-state index contributed by atoms with van der Waals surface area (Å²) in [7, 11) is 0. The summed E-state index contributed by atoms with van der Waals surface area (Å²) in [6.45, 7) is 0. The van der Waals surface area contributed by atoms with Gasteiger partial charge in [-0.1, -0.05) is 35.3 Å². The summed E-state index contributed by atoms with van der Waals surface area (Å²) < 4.78 is 0. The van der Waals surface area contributed by atoms with Crippen molar-refractivity contribution in [2.45, 2.75) is 0 Å². The van der Waals surface area contributed by atoms with Gasteiger partial charge in [-0.15, -0.1) is 0 Å². The largest absolute Gasteiger partial charge is 0.506 e. The smallest absolute Gasteiger partial charge is 0.287 e. The van der Waals surface area contributed by atoms with Gasteiger partial charge in [0.1, 0.15) is 5.75 Å². The molecule has 7 heteroatoms. The molecule has 2 aromatic carbocycles. The minimum atomic E-state index is -0.639. The van der Waals surface area contributed by atoms with E-state index in [2.05, 4.69) is 15.8 Å². The first-order valence-corrected chi connectivity index (χ1v) is 6.66. The molecule has 108 valence electrons. The van der Waals surface area contributed by atoms with Gasteiger partial charge in [-0.25, -0.2) is 0 Å². The second-order valence-electron chi connectivity index (χ2n) is 3.99. The number of hydrazone groups is 1. The third-order valence-electron chi connectivity index (χ3n) is 2.47. The van der Waals surface area contributed by atoms with Crippen LogP contribution in [0.4, 0.5) is 11.4 Å². The number of rotatable bonds is 4. The maximum Gasteiger partial charge on any atom is 0.287 e. The summed E-state index contributed by atoms with van der Waals surface area (Å²) >= 11 is 11.5. The van der Waals surface area contributed by atoms with Crippen LogP contribution in [0.2, 0.25) is 5.02 Å². The topological polar surface area (TPSA) is 73.7 Å². The first-order valence-electron chi connectivity index (χ1n) is 5.90. The Kier molecular flexibility index (Phi) is 5.03. The Morgan fingerprint density at radius 2 is 1.76 bits per heavy atom. The van der Waals surface area contributed by atoms with Crippen LogP contribution in [0.1, 0.15) is 0 Å². The number of hydrogen-bond donors (Lipinski definition) is 3. The van der Waals surface area contributed by atoms with Crippen molar-refractivity contribution in [2.24, 2.45) is 5.10 Å². The van der Waals surface area contributed by atoms with Gasteiger partial charge >= 0.3 is 0 Å². The molecular formula is C14H11Cl2N3O2. The van der Waals surface area contributed by atoms with Crippen molar-refractivity contribution in [3.05, 3.63) is 53.6 Å². The third-order valence-corrected chi connectivity index (χ3v) is 2.98. The van der Waals surface area contributed by atoms with Gasteiger partial charge in [0.2, 0.25) is 5.17 Å². The van der Waals surface area contributed by atoms with Crippen molar-refractivity contribution in [1.29, 1.82) is 0 Å². The highest BCUT2D eigenvalue weighted by molar-refractivity contribution is 6.84. The Hall–Kier alpha value is -2.24. The number of para-hydroxylation sites is 2. The van der Waals surface area contributed by atoms with Crippen LogP contribution in [-0.4, -0.2) is 16.2 Å². The monoisotopic (exact) mass is 323 g/mol. The van der Waals surface area contributed by atoms with Crippen molar-refractivity contribution < 1.29 is 9.90 Å². The number of nitrogens with zero attached hydrogens (tertiary/aromatic N) is 1. The molecule has 0 atom stereocenters. The van der Waals surface area contributed by atoms with Gasteiger partial charge in [0, 0.05) is 5.02 Å². The average Bonchev–Trinajstić information content (AvgIpc) is 2.48. The van der Waals surface area contributed by atoms with Crippen molar-refractivity contribution in [2.75, 3.05) is 10.7 Å². The van der Waals surface area contributed by atoms with E-state index < -0.39 is 5.91 Å². The van der Waals surface area contributed by atoms with E-state index in [-0.39, 0.29) is 16.6 Å². The maximum atomic E-state index is 11.8. The van der Waals surface area contributed by atoms with E-state index in [0.29, 0.717) is 10.7 Å². The molecule has 2 rings (SSSR count). The normalized spacial score (nSPS) is 11.0. The predicted molar refractivity (Wildman–Crippen MR) is 85.1 cm³/mol. The molecule has 0 aliphatic heterocycles. The fourth-order valence-corrected chi connectivity index (χ4v) is 1.66. The zero-order valence-electron chi connectivity index (χ0n) is 10.7. The third kappa shape index (κ3) is 4.37. The van der Waals surface area contributed by atoms with Crippen LogP contribution in [0.15, 0.2) is 53.6 Å². The predicted octanol–water partition coefficient (Wildman–Crippen LogP) is 3.65. The van der Waals surface area contributed by atoms with Crippen LogP contribution in [0.3, 0.4) is 0 Å². The summed E-state index contributed by atoms with van der Waals surface area (Å²) in [5, 5.41) is 16.0. The molecule has 0 bridgehead atoms. The molecule has 0 saturated heterocycles. The maximum absolute atomic E-state index is 11.8. The summed E-state index contributed by atoms with van der Waals surface area (Å²) in [5.41, 5.74) is 3.51. The second-order valence-corrected chi connectivity index (χ2v) is 4.79. The number of phenolic OH excluding ortho intramolecular Hbond substituents is 1. The fourth-order valence-electron chi connectivity index (χ4n) is 1.44. The van der Waals surface area contributed by atoms with E-state index in [9.17, 15) is 9.90 Å². The Labute approximate surface area is 131 Å². The van der Waals surface area contributed by atoms with Crippen LogP contribution in [0.5, 0.6) is 5.75 Å². The van der Waals surface area contributed by atoms with Crippen LogP contribution >= 0.6 is 23.2 Å². The Balaban J connectivity index is 2.00. The first-order chi connectivity index (χ1) is 10.1. The highest BCUT2D eigenvalue weighted by atomic mass is 35.5. The highest BCUT2D eigenvalue weighted by Gasteiger charge is 2.11. The number of amides is 1. The molecule has 5 nitrogen and oxygen atoms in total. The van der Waals surface area contributed by atoms with Crippen LogP contribution in [0.25, 0.3) is 0 Å². The minimum Gasteiger partial charge on any atom is -0.506 e. The number of benzene rings is 2. The second kappa shape index (κ2) is 6.97. The van der Waals surface area contributed by atoms with Crippen molar-refractivity contribution >= 4 is 45.7 Å². The SMILES string of the molecule is O=C(Nc1ccccc1O)/C(Cl)=N/Nc1ccc(Cl)cc1. The average molecular weight is 324 g/mol. The molecule has 0 fully saturated rings. The summed E-state index contributed by atoms with van der Waals surface area (Å²) in [5.74, 6) is -0.694. The van der Waals surface area contributed by atoms with Crippen LogP contribution in [0, 0.1) is 0 Å². The van der Waals surface area contributed by atoms with Gasteiger partial charge < -0.3 is 10.4 Å². The van der Waals surface area contributed by atoms with Crippen molar-refractivity contribution in [3.8, 4) is 5.75 Å². The molecule has 0 saturated carbocycles. The van der Waals surface area contributed by atoms with Gasteiger partial charge in [-0.2, -0.15) is 5.10 Å².